The van der Waals surface area contributed by atoms with Gasteiger partial charge in [-0.05, 0) is 12.1 Å². The van der Waals surface area contributed by atoms with Crippen LogP contribution >= 0.6 is 0 Å². The quantitative estimate of drug-likeness (QED) is 0.115. The molecule has 11 N–H and O–H groups in total. The topological polar surface area (TPSA) is 287 Å². The zero-order chi connectivity index (χ0) is 31.6. The molecule has 0 unspecified atom stereocenters. The van der Waals surface area contributed by atoms with Crippen LogP contribution in [0.1, 0.15) is 0 Å². The van der Waals surface area contributed by atoms with E-state index in [1.54, 1.807) is 0 Å². The van der Waals surface area contributed by atoms with Crippen molar-refractivity contribution < 1.29 is 89.3 Å². The summed E-state index contributed by atoms with van der Waals surface area (Å²) in [6, 6.07) is 3.83. The SMILES string of the molecule is COc1cc(O)ccc1O[C@@H]1O[C@H](CO[C@@H]2O[C@H](CO[C@@H]3O[C@H](CO)[C@@H](O)[C@H](O)[C@H]3O)[C@@H](O)[C@H](O)[C@H]2O)[C@@H](O)[C@H](O)[C@H]1O. The van der Waals surface area contributed by atoms with Crippen molar-refractivity contribution >= 4 is 0 Å². The summed E-state index contributed by atoms with van der Waals surface area (Å²) in [5, 5.41) is 111. The average Bonchev–Trinajstić information content (AvgIpc) is 3.00. The Morgan fingerprint density at radius 1 is 0.581 bits per heavy atom. The molecule has 3 saturated heterocycles. The van der Waals surface area contributed by atoms with Gasteiger partial charge in [0, 0.05) is 6.07 Å². The second-order valence-electron chi connectivity index (χ2n) is 10.3. The van der Waals surface area contributed by atoms with E-state index in [0.717, 1.165) is 0 Å². The molecule has 1 aromatic carbocycles. The Morgan fingerprint density at radius 3 is 1.51 bits per heavy atom. The van der Waals surface area contributed by atoms with Crippen molar-refractivity contribution in [1.82, 2.24) is 0 Å². The Bertz CT molecular complexity index is 1030. The van der Waals surface area contributed by atoms with Crippen molar-refractivity contribution in [3.05, 3.63) is 18.2 Å². The van der Waals surface area contributed by atoms with Crippen molar-refractivity contribution in [3.63, 3.8) is 0 Å². The normalized spacial score (nSPS) is 43.7. The van der Waals surface area contributed by atoms with Gasteiger partial charge in [-0.3, -0.25) is 0 Å². The molecule has 18 heteroatoms. The van der Waals surface area contributed by atoms with Gasteiger partial charge in [-0.2, -0.15) is 0 Å². The molecule has 0 radical (unpaired) electrons. The van der Waals surface area contributed by atoms with E-state index in [0.29, 0.717) is 0 Å². The van der Waals surface area contributed by atoms with Gasteiger partial charge in [0.05, 0.1) is 26.9 Å². The van der Waals surface area contributed by atoms with E-state index in [2.05, 4.69) is 0 Å². The van der Waals surface area contributed by atoms with Gasteiger partial charge in [-0.1, -0.05) is 0 Å². The van der Waals surface area contributed by atoms with Crippen LogP contribution in [0.4, 0.5) is 0 Å². The fourth-order valence-corrected chi connectivity index (χ4v) is 4.81. The number of aliphatic hydroxyl groups excluding tert-OH is 10. The highest BCUT2D eigenvalue weighted by atomic mass is 16.7. The van der Waals surface area contributed by atoms with Gasteiger partial charge in [0.2, 0.25) is 6.29 Å². The minimum Gasteiger partial charge on any atom is -0.508 e. The van der Waals surface area contributed by atoms with Crippen LogP contribution in [0.25, 0.3) is 0 Å². The molecule has 0 bridgehead atoms. The molecule has 18 nitrogen and oxygen atoms in total. The molecule has 4 rings (SSSR count). The average molecular weight is 627 g/mol. The largest absolute Gasteiger partial charge is 0.508 e. The number of phenolic OH excluding ortho intramolecular Hbond substituents is 1. The molecule has 3 aliphatic rings. The highest BCUT2D eigenvalue weighted by Crippen LogP contribution is 2.34. The predicted molar refractivity (Wildman–Crippen MR) is 134 cm³/mol. The maximum Gasteiger partial charge on any atom is 0.229 e. The minimum absolute atomic E-state index is 0.0259. The summed E-state index contributed by atoms with van der Waals surface area (Å²) >= 11 is 0. The van der Waals surface area contributed by atoms with Crippen LogP contribution in [0.5, 0.6) is 17.2 Å². The van der Waals surface area contributed by atoms with E-state index in [4.69, 9.17) is 33.2 Å². The highest BCUT2D eigenvalue weighted by molar-refractivity contribution is 5.45. The number of hydrogen-bond donors (Lipinski definition) is 11. The lowest BCUT2D eigenvalue weighted by Gasteiger charge is -2.43. The number of aromatic hydroxyl groups is 1. The number of hydrogen-bond acceptors (Lipinski definition) is 18. The van der Waals surface area contributed by atoms with Crippen LogP contribution in [0.15, 0.2) is 18.2 Å². The first-order chi connectivity index (χ1) is 20.4. The van der Waals surface area contributed by atoms with Crippen LogP contribution in [0, 0.1) is 0 Å². The van der Waals surface area contributed by atoms with Gasteiger partial charge in [0.15, 0.2) is 24.1 Å². The minimum atomic E-state index is -1.83. The summed E-state index contributed by atoms with van der Waals surface area (Å²) in [4.78, 5) is 0. The lowest BCUT2D eigenvalue weighted by molar-refractivity contribution is -0.339. The number of ether oxygens (including phenoxy) is 7. The molecule has 3 heterocycles. The van der Waals surface area contributed by atoms with E-state index in [1.807, 2.05) is 0 Å². The summed E-state index contributed by atoms with van der Waals surface area (Å²) < 4.78 is 37.9. The Kier molecular flexibility index (Phi) is 11.4. The summed E-state index contributed by atoms with van der Waals surface area (Å²) in [7, 11) is 1.30. The maximum atomic E-state index is 10.5. The Hall–Kier alpha value is -1.98. The third-order valence-corrected chi connectivity index (χ3v) is 7.43. The third kappa shape index (κ3) is 7.30. The highest BCUT2D eigenvalue weighted by Gasteiger charge is 2.49. The first kappa shape index (κ1) is 33.9. The summed E-state index contributed by atoms with van der Waals surface area (Å²) in [6.07, 6.45) is -24.5. The first-order valence-electron chi connectivity index (χ1n) is 13.3. The predicted octanol–water partition coefficient (Wildman–Crippen LogP) is -5.77. The fraction of sp³-hybridized carbons (Fsp3) is 0.760. The molecule has 246 valence electrons. The lowest BCUT2D eigenvalue weighted by atomic mass is 9.98. The fourth-order valence-electron chi connectivity index (χ4n) is 4.81. The molecule has 15 atom stereocenters. The van der Waals surface area contributed by atoms with Crippen LogP contribution in [0.3, 0.4) is 0 Å². The van der Waals surface area contributed by atoms with Crippen molar-refractivity contribution in [2.75, 3.05) is 26.9 Å². The van der Waals surface area contributed by atoms with Crippen LogP contribution in [-0.4, -0.2) is 175 Å². The molecule has 0 aliphatic carbocycles. The first-order valence-corrected chi connectivity index (χ1v) is 13.3. The standard InChI is InChI=1S/C25H38O18/c1-37-10-4-8(27)2-3-9(10)40-25-22(36)19(33)16(30)13(43-25)7-39-24-21(35)18(32)15(29)12(42-24)6-38-23-20(34)17(31)14(28)11(5-26)41-23/h2-4,11-36H,5-7H2,1H3/t11-,12-,13-,14-,15-,16-,17+,18+,19+,20-,21-,22-,23-,24-,25-/m1/s1. The second kappa shape index (κ2) is 14.4. The monoisotopic (exact) mass is 626 g/mol. The van der Waals surface area contributed by atoms with Crippen molar-refractivity contribution in [2.45, 2.75) is 92.1 Å². The second-order valence-corrected chi connectivity index (χ2v) is 10.3. The molecular weight excluding hydrogens is 588 g/mol. The molecule has 0 saturated carbocycles. The van der Waals surface area contributed by atoms with Gasteiger partial charge in [0.25, 0.3) is 0 Å². The van der Waals surface area contributed by atoms with E-state index < -0.39 is 112 Å². The van der Waals surface area contributed by atoms with E-state index in [-0.39, 0.29) is 17.2 Å². The molecular formula is C25H38O18. The molecule has 1 aromatic rings. The Balaban J connectivity index is 1.38. The van der Waals surface area contributed by atoms with Gasteiger partial charge in [0.1, 0.15) is 79.0 Å². The molecule has 3 aliphatic heterocycles. The Morgan fingerprint density at radius 2 is 1.02 bits per heavy atom. The summed E-state index contributed by atoms with van der Waals surface area (Å²) in [5.41, 5.74) is 0. The molecule has 0 spiro atoms. The zero-order valence-electron chi connectivity index (χ0n) is 22.8. The van der Waals surface area contributed by atoms with Gasteiger partial charge >= 0.3 is 0 Å². The maximum absolute atomic E-state index is 10.5. The van der Waals surface area contributed by atoms with Gasteiger partial charge in [-0.15, -0.1) is 0 Å². The van der Waals surface area contributed by atoms with Gasteiger partial charge < -0.3 is 89.3 Å². The van der Waals surface area contributed by atoms with Crippen LogP contribution < -0.4 is 9.47 Å². The van der Waals surface area contributed by atoms with E-state index in [9.17, 15) is 56.2 Å². The number of phenols is 1. The molecule has 3 fully saturated rings. The lowest BCUT2D eigenvalue weighted by Crippen LogP contribution is -2.63. The van der Waals surface area contributed by atoms with Gasteiger partial charge in [-0.25, -0.2) is 0 Å². The van der Waals surface area contributed by atoms with E-state index >= 15 is 0 Å². The third-order valence-electron chi connectivity index (χ3n) is 7.43. The molecule has 0 aromatic heterocycles. The number of benzene rings is 1. The number of methoxy groups -OCH3 is 1. The van der Waals surface area contributed by atoms with Crippen molar-refractivity contribution in [2.24, 2.45) is 0 Å². The Labute approximate surface area is 244 Å². The molecule has 0 amide bonds. The van der Waals surface area contributed by atoms with E-state index in [1.165, 1.54) is 25.3 Å². The number of rotatable bonds is 10. The van der Waals surface area contributed by atoms with Crippen molar-refractivity contribution in [3.8, 4) is 17.2 Å². The van der Waals surface area contributed by atoms with Crippen molar-refractivity contribution in [1.29, 1.82) is 0 Å². The zero-order valence-corrected chi connectivity index (χ0v) is 22.8. The van der Waals surface area contributed by atoms with Crippen LogP contribution in [0.2, 0.25) is 0 Å². The smallest absolute Gasteiger partial charge is 0.229 e. The van der Waals surface area contributed by atoms with Crippen LogP contribution in [-0.2, 0) is 23.7 Å². The molecule has 43 heavy (non-hydrogen) atoms. The summed E-state index contributed by atoms with van der Waals surface area (Å²) in [6.45, 7) is -1.89. The number of aliphatic hydroxyl groups is 10. The summed E-state index contributed by atoms with van der Waals surface area (Å²) in [5.74, 6) is -0.0308.